The lowest BCUT2D eigenvalue weighted by molar-refractivity contribution is -0.194. The number of rotatable bonds is 8. The highest BCUT2D eigenvalue weighted by Crippen LogP contribution is 2.43. The van der Waals surface area contributed by atoms with Crippen molar-refractivity contribution in [3.8, 4) is 0 Å². The molecule has 238 valence electrons. The lowest BCUT2D eigenvalue weighted by Crippen LogP contribution is -2.57. The Kier molecular flexibility index (Phi) is 8.33. The van der Waals surface area contributed by atoms with E-state index in [0.717, 1.165) is 0 Å². The highest BCUT2D eigenvalue weighted by atomic mass is 35.5. The van der Waals surface area contributed by atoms with Gasteiger partial charge in [-0.25, -0.2) is 18.3 Å². The average molecular weight is 646 g/mol. The molecule has 3 aromatic heterocycles. The molecule has 3 N–H and O–H groups in total. The molecule has 0 radical (unpaired) electrons. The van der Waals surface area contributed by atoms with Gasteiger partial charge < -0.3 is 15.7 Å². The summed E-state index contributed by atoms with van der Waals surface area (Å²) in [5.74, 6) is -8.67. The highest BCUT2D eigenvalue weighted by Gasteiger charge is 2.56. The molecule has 1 saturated heterocycles. The van der Waals surface area contributed by atoms with Gasteiger partial charge in [-0.3, -0.25) is 19.1 Å². The highest BCUT2D eigenvalue weighted by molar-refractivity contribution is 6.31. The van der Waals surface area contributed by atoms with Crippen LogP contribution in [-0.2, 0) is 22.6 Å². The second-order valence-corrected chi connectivity index (χ2v) is 11.7. The van der Waals surface area contributed by atoms with Crippen LogP contribution in [-0.4, -0.2) is 65.9 Å². The van der Waals surface area contributed by atoms with Gasteiger partial charge in [0.25, 0.3) is 5.91 Å². The number of halogens is 6. The number of aromatic nitrogens is 5. The number of imidazole rings is 1. The van der Waals surface area contributed by atoms with E-state index in [0.29, 0.717) is 6.54 Å². The summed E-state index contributed by atoms with van der Waals surface area (Å²) >= 11 is 6.39. The van der Waals surface area contributed by atoms with Crippen LogP contribution < -0.4 is 10.6 Å². The summed E-state index contributed by atoms with van der Waals surface area (Å²) in [7, 11) is 0. The van der Waals surface area contributed by atoms with Gasteiger partial charge in [-0.05, 0) is 38.2 Å². The van der Waals surface area contributed by atoms with Gasteiger partial charge in [0.1, 0.15) is 5.69 Å². The molecule has 0 spiro atoms. The first kappa shape index (κ1) is 31.6. The van der Waals surface area contributed by atoms with Gasteiger partial charge in [-0.1, -0.05) is 11.6 Å². The van der Waals surface area contributed by atoms with Crippen LogP contribution >= 0.6 is 11.6 Å². The molecule has 11 nitrogen and oxygen atoms in total. The van der Waals surface area contributed by atoms with Crippen LogP contribution in [0.3, 0.4) is 0 Å². The maximum atomic E-state index is 14.0. The number of aliphatic carboxylic acids is 1. The third-order valence-electron chi connectivity index (χ3n) is 8.46. The van der Waals surface area contributed by atoms with Crippen molar-refractivity contribution in [2.24, 2.45) is 17.3 Å². The number of carboxylic acids is 1. The Morgan fingerprint density at radius 3 is 2.61 bits per heavy atom. The molecule has 17 heteroatoms. The molecule has 2 unspecified atom stereocenters. The van der Waals surface area contributed by atoms with E-state index in [1.54, 1.807) is 6.92 Å². The zero-order valence-electron chi connectivity index (χ0n) is 23.4. The number of hydrogen-bond donors (Lipinski definition) is 3. The number of nitrogens with one attached hydrogen (secondary N) is 2. The van der Waals surface area contributed by atoms with Crippen molar-refractivity contribution in [1.82, 2.24) is 35.0 Å². The molecule has 4 heterocycles. The first-order valence-corrected chi connectivity index (χ1v) is 14.3. The van der Waals surface area contributed by atoms with E-state index in [1.165, 1.54) is 33.7 Å². The largest absolute Gasteiger partial charge is 0.480 e. The van der Waals surface area contributed by atoms with Crippen molar-refractivity contribution in [2.45, 2.75) is 70.1 Å². The van der Waals surface area contributed by atoms with Crippen molar-refractivity contribution in [3.05, 3.63) is 46.6 Å². The minimum Gasteiger partial charge on any atom is -0.480 e. The number of carbonyl (C=O) groups is 3. The first-order valence-electron chi connectivity index (χ1n) is 14.0. The van der Waals surface area contributed by atoms with Gasteiger partial charge in [-0.2, -0.15) is 23.4 Å². The van der Waals surface area contributed by atoms with Gasteiger partial charge in [0, 0.05) is 44.6 Å². The van der Waals surface area contributed by atoms with E-state index in [9.17, 15) is 41.4 Å². The number of piperidine rings is 1. The Labute approximate surface area is 252 Å². The lowest BCUT2D eigenvalue weighted by Gasteiger charge is -2.37. The van der Waals surface area contributed by atoms with E-state index in [2.05, 4.69) is 25.8 Å². The van der Waals surface area contributed by atoms with Crippen LogP contribution in [0.15, 0.2) is 24.5 Å². The summed E-state index contributed by atoms with van der Waals surface area (Å²) in [6, 6.07) is 2.00. The summed E-state index contributed by atoms with van der Waals surface area (Å²) in [4.78, 5) is 42.8. The molecular weight excluding hydrogens is 617 g/mol. The molecule has 3 atom stereocenters. The lowest BCUT2D eigenvalue weighted by atomic mass is 9.72. The summed E-state index contributed by atoms with van der Waals surface area (Å²) in [6.45, 7) is 1.46. The quantitative estimate of drug-likeness (QED) is 0.246. The molecule has 3 aromatic rings. The van der Waals surface area contributed by atoms with Gasteiger partial charge in [0.05, 0.1) is 34.6 Å². The van der Waals surface area contributed by atoms with E-state index >= 15 is 0 Å². The van der Waals surface area contributed by atoms with E-state index in [4.69, 9.17) is 11.6 Å². The fourth-order valence-corrected chi connectivity index (χ4v) is 6.15. The number of carboxylic acid groups (broad SMARTS) is 1. The van der Waals surface area contributed by atoms with Crippen molar-refractivity contribution in [3.63, 3.8) is 0 Å². The number of carbonyl (C=O) groups excluding carboxylic acids is 2. The number of amides is 2. The smallest absolute Gasteiger partial charge is 0.393 e. The van der Waals surface area contributed by atoms with Crippen molar-refractivity contribution in [1.29, 1.82) is 0 Å². The second kappa shape index (κ2) is 11.6. The monoisotopic (exact) mass is 645 g/mol. The number of nitrogens with zero attached hydrogens (tertiary/aromatic N) is 5. The molecule has 2 amide bonds. The molecule has 44 heavy (non-hydrogen) atoms. The summed E-state index contributed by atoms with van der Waals surface area (Å²) in [6.07, 6.45) is -4.18. The van der Waals surface area contributed by atoms with Gasteiger partial charge >= 0.3 is 12.1 Å². The Morgan fingerprint density at radius 1 is 1.27 bits per heavy atom. The van der Waals surface area contributed by atoms with Crippen LogP contribution in [0.5, 0.6) is 0 Å². The van der Waals surface area contributed by atoms with Crippen molar-refractivity contribution in [2.75, 3.05) is 6.54 Å². The van der Waals surface area contributed by atoms with Crippen LogP contribution in [0.4, 0.5) is 22.0 Å². The predicted octanol–water partition coefficient (Wildman–Crippen LogP) is 4.21. The second-order valence-electron chi connectivity index (χ2n) is 11.3. The molecule has 1 aliphatic carbocycles. The first-order chi connectivity index (χ1) is 20.6. The maximum absolute atomic E-state index is 14.0. The third-order valence-corrected chi connectivity index (χ3v) is 8.79. The fraction of sp³-hybridized carbons (Fsp3) is 0.556. The Morgan fingerprint density at radius 2 is 1.98 bits per heavy atom. The fourth-order valence-electron chi connectivity index (χ4n) is 5.95. The third kappa shape index (κ3) is 6.08. The predicted molar refractivity (Wildman–Crippen MR) is 144 cm³/mol. The molecule has 5 rings (SSSR count). The van der Waals surface area contributed by atoms with Crippen molar-refractivity contribution < 1.29 is 41.4 Å². The zero-order valence-corrected chi connectivity index (χ0v) is 24.1. The molecular formula is C27H29ClF5N7O4. The van der Waals surface area contributed by atoms with Gasteiger partial charge in [0.15, 0.2) is 11.1 Å². The topological polar surface area (TPSA) is 144 Å². The Balaban J connectivity index is 1.49. The van der Waals surface area contributed by atoms with Crippen molar-refractivity contribution >= 4 is 35.0 Å². The minimum atomic E-state index is -4.74. The van der Waals surface area contributed by atoms with Crippen LogP contribution in [0, 0.1) is 17.3 Å². The molecule has 2 aliphatic rings. The molecule has 1 aliphatic heterocycles. The van der Waals surface area contributed by atoms with Gasteiger partial charge in [0.2, 0.25) is 11.8 Å². The molecule has 1 saturated carbocycles. The molecule has 0 aromatic carbocycles. The van der Waals surface area contributed by atoms with Crippen LogP contribution in [0.2, 0.25) is 5.02 Å². The van der Waals surface area contributed by atoms with E-state index in [1.807, 2.05) is 0 Å². The number of alkyl halides is 5. The number of aryl methyl sites for hydroxylation is 1. The number of hydrogen-bond acceptors (Lipinski definition) is 6. The summed E-state index contributed by atoms with van der Waals surface area (Å²) < 4.78 is 71.3. The summed E-state index contributed by atoms with van der Waals surface area (Å²) in [5, 5.41) is 23.1. The average Bonchev–Trinajstić information content (AvgIpc) is 3.59. The number of fused-ring (bicyclic) bond motifs is 1. The Bertz CT molecular complexity index is 1580. The molecule has 0 bridgehead atoms. The maximum Gasteiger partial charge on any atom is 0.393 e. The standard InChI is InChI=1S/C27H29ClF5N7O4/c1-2-39-19(5-8-35-39)22(41)37-21(14-3-6-26(29,30)7-4-14)18-13-40-20(36-18)9-16(28)17(38-40)11-25(24(43)44)10-15(27(31,32)33)12-34-23(25)42/h5,8-9,13-15,21H,2-4,6-7,10-12H2,1H3,(H,34,42)(H,37,41)(H,43,44)/t15-,21?,25?/m1/s1. The normalized spacial score (nSPS) is 23.3. The van der Waals surface area contributed by atoms with E-state index < -0.39 is 72.6 Å². The Hall–Kier alpha value is -3.82. The van der Waals surface area contributed by atoms with Crippen LogP contribution in [0.25, 0.3) is 5.65 Å². The molecule has 2 fully saturated rings. The van der Waals surface area contributed by atoms with Crippen LogP contribution in [0.1, 0.15) is 66.9 Å². The summed E-state index contributed by atoms with van der Waals surface area (Å²) in [5.41, 5.74) is -1.98. The zero-order chi connectivity index (χ0) is 32.0. The van der Waals surface area contributed by atoms with Gasteiger partial charge in [-0.15, -0.1) is 0 Å². The minimum absolute atomic E-state index is 0.0922. The SMILES string of the molecule is CCn1nccc1C(=O)NC(c1cn2nc(CC3(C(=O)O)C[C@@H](C(F)(F)F)CNC3=O)c(Cl)cc2n1)C1CCC(F)(F)CC1. The van der Waals surface area contributed by atoms with E-state index in [-0.39, 0.29) is 53.4 Å².